The van der Waals surface area contributed by atoms with Gasteiger partial charge in [0.2, 0.25) is 0 Å². The summed E-state index contributed by atoms with van der Waals surface area (Å²) in [5, 5.41) is 1.88. The number of hydrogen-bond acceptors (Lipinski definition) is 5. The molecule has 0 fully saturated rings. The molecule has 5 nitrogen and oxygen atoms in total. The van der Waals surface area contributed by atoms with Crippen LogP contribution in [0.25, 0.3) is 0 Å². The van der Waals surface area contributed by atoms with E-state index in [1.807, 2.05) is 60.7 Å². The molecule has 1 amide bonds. The number of ether oxygens (including phenoxy) is 2. The SMILES string of the molecule is O=C(N[C@@H](CSCc1ccccc1)C(=O)Oc1c(Cl)c(Cl)c(Cl)c(Cl)c1Cl)OCc1ccccc1. The molecule has 1 atom stereocenters. The van der Waals surface area contributed by atoms with Crippen LogP contribution in [0.4, 0.5) is 4.79 Å². The molecule has 184 valence electrons. The van der Waals surface area contributed by atoms with Gasteiger partial charge in [-0.2, -0.15) is 11.8 Å². The number of alkyl carbamates (subject to hydrolysis) is 1. The standard InChI is InChI=1S/C24H18Cl5NO4S/c25-17-18(26)20(28)22(21(29)19(17)27)34-23(31)16(13-35-12-15-9-5-2-6-10-15)30-24(32)33-11-14-7-3-1-4-8-14/h1-10,16H,11-13H2,(H,30,32)/t16-/m0/s1. The molecule has 0 aliphatic rings. The van der Waals surface area contributed by atoms with Crippen molar-refractivity contribution in [3.63, 3.8) is 0 Å². The number of thioether (sulfide) groups is 1. The van der Waals surface area contributed by atoms with Gasteiger partial charge in [-0.25, -0.2) is 9.59 Å². The Kier molecular flexibility index (Phi) is 10.7. The number of rotatable bonds is 9. The smallest absolute Gasteiger partial charge is 0.408 e. The monoisotopic (exact) mass is 591 g/mol. The molecule has 0 radical (unpaired) electrons. The Labute approximate surface area is 231 Å². The molecular weight excluding hydrogens is 576 g/mol. The minimum Gasteiger partial charge on any atom is -0.445 e. The summed E-state index contributed by atoms with van der Waals surface area (Å²) in [5.74, 6) is -0.306. The Balaban J connectivity index is 1.72. The zero-order valence-electron chi connectivity index (χ0n) is 17.9. The second-order valence-electron chi connectivity index (χ2n) is 7.08. The summed E-state index contributed by atoms with van der Waals surface area (Å²) in [6.07, 6.45) is -0.791. The van der Waals surface area contributed by atoms with E-state index in [4.69, 9.17) is 67.5 Å². The maximum Gasteiger partial charge on any atom is 0.408 e. The number of esters is 1. The molecule has 0 heterocycles. The van der Waals surface area contributed by atoms with Gasteiger partial charge in [0.1, 0.15) is 22.7 Å². The van der Waals surface area contributed by atoms with E-state index in [1.54, 1.807) is 0 Å². The molecule has 0 aliphatic carbocycles. The maximum absolute atomic E-state index is 13.0. The van der Waals surface area contributed by atoms with Crippen LogP contribution in [-0.2, 0) is 21.9 Å². The number of amides is 1. The van der Waals surface area contributed by atoms with E-state index in [0.717, 1.165) is 11.1 Å². The van der Waals surface area contributed by atoms with Crippen molar-refractivity contribution >= 4 is 81.8 Å². The second kappa shape index (κ2) is 13.5. The van der Waals surface area contributed by atoms with Crippen molar-refractivity contribution in [2.75, 3.05) is 5.75 Å². The largest absolute Gasteiger partial charge is 0.445 e. The molecule has 3 aromatic carbocycles. The molecule has 11 heteroatoms. The first-order valence-corrected chi connectivity index (χ1v) is 13.1. The number of halogens is 5. The van der Waals surface area contributed by atoms with Gasteiger partial charge in [0.25, 0.3) is 0 Å². The molecule has 0 aliphatic heterocycles. The first-order valence-electron chi connectivity index (χ1n) is 10.1. The minimum absolute atomic E-state index is 0.0334. The zero-order valence-corrected chi connectivity index (χ0v) is 22.5. The quantitative estimate of drug-likeness (QED) is 0.118. The Morgan fingerprint density at radius 3 is 1.86 bits per heavy atom. The summed E-state index contributed by atoms with van der Waals surface area (Å²) >= 11 is 31.9. The maximum atomic E-state index is 13.0. The fraction of sp³-hybridized carbons (Fsp3) is 0.167. The Hall–Kier alpha value is -1.80. The predicted octanol–water partition coefficient (Wildman–Crippen LogP) is 8.09. The fourth-order valence-electron chi connectivity index (χ4n) is 2.79. The van der Waals surface area contributed by atoms with Crippen molar-refractivity contribution in [2.24, 2.45) is 0 Å². The molecule has 0 unspecified atom stereocenters. The molecular formula is C24H18Cl5NO4S. The van der Waals surface area contributed by atoms with Crippen molar-refractivity contribution in [1.82, 2.24) is 5.32 Å². The van der Waals surface area contributed by atoms with Gasteiger partial charge >= 0.3 is 12.1 Å². The van der Waals surface area contributed by atoms with Crippen molar-refractivity contribution in [3.8, 4) is 5.75 Å². The third-order valence-electron chi connectivity index (χ3n) is 4.56. The first-order chi connectivity index (χ1) is 16.8. The van der Waals surface area contributed by atoms with E-state index >= 15 is 0 Å². The van der Waals surface area contributed by atoms with Crippen LogP contribution < -0.4 is 10.1 Å². The first kappa shape index (κ1) is 27.8. The van der Waals surface area contributed by atoms with Gasteiger partial charge < -0.3 is 14.8 Å². The molecule has 0 saturated heterocycles. The average Bonchev–Trinajstić information content (AvgIpc) is 2.88. The second-order valence-corrected chi connectivity index (χ2v) is 10.00. The molecule has 3 rings (SSSR count). The van der Waals surface area contributed by atoms with Crippen molar-refractivity contribution in [3.05, 3.63) is 96.9 Å². The van der Waals surface area contributed by atoms with E-state index in [0.29, 0.717) is 5.75 Å². The number of carbonyl (C=O) groups excluding carboxylic acids is 2. The van der Waals surface area contributed by atoms with E-state index in [1.165, 1.54) is 11.8 Å². The molecule has 0 bridgehead atoms. The lowest BCUT2D eigenvalue weighted by atomic mass is 10.2. The van der Waals surface area contributed by atoms with Crippen molar-refractivity contribution < 1.29 is 19.1 Å². The highest BCUT2D eigenvalue weighted by molar-refractivity contribution is 7.98. The Bertz CT molecular complexity index is 1150. The highest BCUT2D eigenvalue weighted by Crippen LogP contribution is 2.48. The number of benzene rings is 3. The van der Waals surface area contributed by atoms with Crippen LogP contribution in [0.1, 0.15) is 11.1 Å². The van der Waals surface area contributed by atoms with Crippen LogP contribution in [0.5, 0.6) is 5.75 Å². The zero-order chi connectivity index (χ0) is 25.4. The predicted molar refractivity (Wildman–Crippen MR) is 143 cm³/mol. The normalized spacial score (nSPS) is 11.6. The van der Waals surface area contributed by atoms with Crippen LogP contribution >= 0.6 is 69.8 Å². The van der Waals surface area contributed by atoms with E-state index in [2.05, 4.69) is 5.32 Å². The van der Waals surface area contributed by atoms with Gasteiger partial charge in [-0.15, -0.1) is 0 Å². The molecule has 0 spiro atoms. The van der Waals surface area contributed by atoms with E-state index < -0.39 is 18.1 Å². The lowest BCUT2D eigenvalue weighted by molar-refractivity contribution is -0.136. The third kappa shape index (κ3) is 7.84. The molecule has 0 aromatic heterocycles. The number of hydrogen-bond donors (Lipinski definition) is 1. The topological polar surface area (TPSA) is 64.6 Å². The Morgan fingerprint density at radius 2 is 1.29 bits per heavy atom. The van der Waals surface area contributed by atoms with Gasteiger partial charge in [-0.1, -0.05) is 119 Å². The summed E-state index contributed by atoms with van der Waals surface area (Å²) in [6.45, 7) is 0.0334. The summed E-state index contributed by atoms with van der Waals surface area (Å²) < 4.78 is 10.7. The fourth-order valence-corrected chi connectivity index (χ4v) is 4.99. The highest BCUT2D eigenvalue weighted by Gasteiger charge is 2.28. The van der Waals surface area contributed by atoms with Crippen molar-refractivity contribution in [2.45, 2.75) is 18.4 Å². The average molecular weight is 594 g/mol. The van der Waals surface area contributed by atoms with Gasteiger partial charge in [0.15, 0.2) is 5.75 Å². The summed E-state index contributed by atoms with van der Waals surface area (Å²) in [4.78, 5) is 25.5. The molecule has 0 saturated carbocycles. The number of carbonyl (C=O) groups is 2. The summed E-state index contributed by atoms with van der Waals surface area (Å²) in [6, 6.07) is 17.7. The molecule has 3 aromatic rings. The van der Waals surface area contributed by atoms with Crippen LogP contribution in [0, 0.1) is 0 Å². The number of nitrogens with one attached hydrogen (secondary N) is 1. The highest BCUT2D eigenvalue weighted by atomic mass is 35.5. The molecule has 1 N–H and O–H groups in total. The van der Waals surface area contributed by atoms with E-state index in [-0.39, 0.29) is 43.2 Å². The van der Waals surface area contributed by atoms with E-state index in [9.17, 15) is 9.59 Å². The molecule has 35 heavy (non-hydrogen) atoms. The lowest BCUT2D eigenvalue weighted by Crippen LogP contribution is -2.45. The van der Waals surface area contributed by atoms with Gasteiger partial charge in [-0.05, 0) is 11.1 Å². The Morgan fingerprint density at radius 1 is 0.771 bits per heavy atom. The van der Waals surface area contributed by atoms with Gasteiger partial charge in [0, 0.05) is 11.5 Å². The van der Waals surface area contributed by atoms with Gasteiger partial charge in [0.05, 0.1) is 15.1 Å². The van der Waals surface area contributed by atoms with Crippen LogP contribution in [-0.4, -0.2) is 23.9 Å². The van der Waals surface area contributed by atoms with Crippen LogP contribution in [0.15, 0.2) is 60.7 Å². The lowest BCUT2D eigenvalue weighted by Gasteiger charge is -2.19. The van der Waals surface area contributed by atoms with Crippen LogP contribution in [0.3, 0.4) is 0 Å². The van der Waals surface area contributed by atoms with Crippen LogP contribution in [0.2, 0.25) is 25.1 Å². The summed E-state index contributed by atoms with van der Waals surface area (Å²) in [7, 11) is 0. The third-order valence-corrected chi connectivity index (χ3v) is 7.91. The van der Waals surface area contributed by atoms with Crippen molar-refractivity contribution in [1.29, 1.82) is 0 Å². The minimum atomic E-state index is -1.09. The summed E-state index contributed by atoms with van der Waals surface area (Å²) in [5.41, 5.74) is 1.85. The van der Waals surface area contributed by atoms with Gasteiger partial charge in [-0.3, -0.25) is 0 Å².